The predicted octanol–water partition coefficient (Wildman–Crippen LogP) is 2.18. The van der Waals surface area contributed by atoms with Gasteiger partial charge in [0.1, 0.15) is 11.9 Å². The highest BCUT2D eigenvalue weighted by molar-refractivity contribution is 5.94. The van der Waals surface area contributed by atoms with Gasteiger partial charge in [-0.05, 0) is 32.1 Å². The van der Waals surface area contributed by atoms with E-state index in [1.54, 1.807) is 6.92 Å². The van der Waals surface area contributed by atoms with Crippen molar-refractivity contribution < 1.29 is 29.0 Å². The molecule has 5 atom stereocenters. The number of hydrogen-bond donors (Lipinski definition) is 1. The molecule has 1 saturated heterocycles. The summed E-state index contributed by atoms with van der Waals surface area (Å²) < 4.78 is 10.9. The van der Waals surface area contributed by atoms with E-state index in [9.17, 15) is 19.5 Å². The van der Waals surface area contributed by atoms with E-state index in [0.29, 0.717) is 31.3 Å². The lowest BCUT2D eigenvalue weighted by atomic mass is 9.65. The van der Waals surface area contributed by atoms with E-state index < -0.39 is 23.1 Å². The van der Waals surface area contributed by atoms with Crippen molar-refractivity contribution in [3.05, 3.63) is 12.2 Å². The number of rotatable bonds is 4. The van der Waals surface area contributed by atoms with Crippen LogP contribution in [0.3, 0.4) is 0 Å². The van der Waals surface area contributed by atoms with Crippen molar-refractivity contribution in [2.45, 2.75) is 64.6 Å². The Bertz CT molecular complexity index is 653. The highest BCUT2D eigenvalue weighted by atomic mass is 16.6. The Labute approximate surface area is 153 Å². The van der Waals surface area contributed by atoms with Crippen molar-refractivity contribution in [2.75, 3.05) is 6.61 Å². The molecule has 1 heterocycles. The van der Waals surface area contributed by atoms with Crippen LogP contribution in [0.5, 0.6) is 0 Å². The number of ether oxygens (including phenoxy) is 2. The zero-order valence-corrected chi connectivity index (χ0v) is 15.7. The number of carbonyl (C=O) groups is 3. The molecule has 0 spiro atoms. The molecule has 1 aliphatic heterocycles. The van der Waals surface area contributed by atoms with Crippen LogP contribution < -0.4 is 0 Å². The smallest absolute Gasteiger partial charge is 0.334 e. The molecule has 0 radical (unpaired) electrons. The Morgan fingerprint density at radius 2 is 2.08 bits per heavy atom. The van der Waals surface area contributed by atoms with Crippen LogP contribution in [-0.4, -0.2) is 41.1 Å². The fourth-order valence-corrected chi connectivity index (χ4v) is 4.98. The molecular formula is C20H28O6. The first kappa shape index (κ1) is 19.1. The van der Waals surface area contributed by atoms with Crippen molar-refractivity contribution >= 4 is 17.7 Å². The quantitative estimate of drug-likeness (QED) is 0.607. The number of esters is 2. The predicted molar refractivity (Wildman–Crippen MR) is 92.9 cm³/mol. The van der Waals surface area contributed by atoms with Crippen LogP contribution >= 0.6 is 0 Å². The molecule has 2 aliphatic carbocycles. The van der Waals surface area contributed by atoms with Crippen molar-refractivity contribution in [1.82, 2.24) is 0 Å². The minimum Gasteiger partial charge on any atom is -0.465 e. The van der Waals surface area contributed by atoms with E-state index in [-0.39, 0.29) is 42.5 Å². The monoisotopic (exact) mass is 364 g/mol. The summed E-state index contributed by atoms with van der Waals surface area (Å²) >= 11 is 0. The Hall–Kier alpha value is -1.69. The maximum Gasteiger partial charge on any atom is 0.334 e. The molecule has 3 rings (SSSR count). The standard InChI is InChI=1S/C20H28O6/c1-11(2)9-16(22)25-10-13-5-6-14-12(3)18(23)26-17(14)19(4)15(21)7-8-20(13,19)24/h11,13-14,17,24H,3,5-10H2,1-2,4H3/t13-,14+,17-,19+,20-/m1/s1. The van der Waals surface area contributed by atoms with E-state index in [2.05, 4.69) is 6.58 Å². The van der Waals surface area contributed by atoms with Gasteiger partial charge in [0.05, 0.1) is 17.6 Å². The summed E-state index contributed by atoms with van der Waals surface area (Å²) in [5, 5.41) is 11.6. The Kier molecular flexibility index (Phi) is 4.76. The third-order valence-corrected chi connectivity index (χ3v) is 6.61. The van der Waals surface area contributed by atoms with Crippen molar-refractivity contribution in [1.29, 1.82) is 0 Å². The third kappa shape index (κ3) is 2.70. The molecule has 0 unspecified atom stereocenters. The molecule has 26 heavy (non-hydrogen) atoms. The van der Waals surface area contributed by atoms with Gasteiger partial charge in [-0.3, -0.25) is 9.59 Å². The number of aliphatic hydroxyl groups is 1. The molecule has 0 amide bonds. The molecule has 0 aromatic rings. The summed E-state index contributed by atoms with van der Waals surface area (Å²) in [5.74, 6) is -1.33. The van der Waals surface area contributed by atoms with Gasteiger partial charge in [-0.25, -0.2) is 4.79 Å². The lowest BCUT2D eigenvalue weighted by Gasteiger charge is -2.44. The van der Waals surface area contributed by atoms with Gasteiger partial charge < -0.3 is 14.6 Å². The normalized spacial score (nSPS) is 39.4. The van der Waals surface area contributed by atoms with E-state index in [1.165, 1.54) is 0 Å². The SMILES string of the molecule is C=C1C(=O)O[C@@H]2[C@H]1CC[C@H](COC(=O)CC(C)C)[C@]1(O)CCC(=O)[C@@]21C. The first-order valence-corrected chi connectivity index (χ1v) is 9.42. The van der Waals surface area contributed by atoms with Crippen LogP contribution in [0.25, 0.3) is 0 Å². The van der Waals surface area contributed by atoms with E-state index >= 15 is 0 Å². The average molecular weight is 364 g/mol. The van der Waals surface area contributed by atoms with Gasteiger partial charge in [0.25, 0.3) is 0 Å². The van der Waals surface area contributed by atoms with Gasteiger partial charge in [-0.15, -0.1) is 0 Å². The molecule has 0 bridgehead atoms. The second-order valence-corrected chi connectivity index (χ2v) is 8.56. The van der Waals surface area contributed by atoms with Gasteiger partial charge in [0.2, 0.25) is 0 Å². The Morgan fingerprint density at radius 1 is 1.38 bits per heavy atom. The lowest BCUT2D eigenvalue weighted by molar-refractivity contribution is -0.177. The molecule has 6 heteroatoms. The summed E-state index contributed by atoms with van der Waals surface area (Å²) in [6.45, 7) is 9.48. The molecule has 0 aromatic carbocycles. The zero-order chi connectivity index (χ0) is 19.3. The van der Waals surface area contributed by atoms with Gasteiger partial charge >= 0.3 is 11.9 Å². The Morgan fingerprint density at radius 3 is 2.73 bits per heavy atom. The fourth-order valence-electron chi connectivity index (χ4n) is 4.98. The average Bonchev–Trinajstić information content (AvgIpc) is 2.94. The second-order valence-electron chi connectivity index (χ2n) is 8.56. The summed E-state index contributed by atoms with van der Waals surface area (Å²) in [6, 6.07) is 0. The summed E-state index contributed by atoms with van der Waals surface area (Å²) in [6.07, 6.45) is 1.27. The zero-order valence-electron chi connectivity index (χ0n) is 15.7. The molecule has 2 saturated carbocycles. The first-order valence-electron chi connectivity index (χ1n) is 9.42. The Balaban J connectivity index is 1.88. The number of carbonyl (C=O) groups excluding carboxylic acids is 3. The molecule has 3 fully saturated rings. The highest BCUT2D eigenvalue weighted by Crippen LogP contribution is 2.58. The third-order valence-electron chi connectivity index (χ3n) is 6.61. The van der Waals surface area contributed by atoms with Gasteiger partial charge in [-0.1, -0.05) is 20.4 Å². The van der Waals surface area contributed by atoms with Crippen LogP contribution in [0, 0.1) is 23.2 Å². The van der Waals surface area contributed by atoms with E-state index in [0.717, 1.165) is 0 Å². The molecule has 6 nitrogen and oxygen atoms in total. The largest absolute Gasteiger partial charge is 0.465 e. The van der Waals surface area contributed by atoms with Crippen LogP contribution in [0.4, 0.5) is 0 Å². The van der Waals surface area contributed by atoms with Crippen molar-refractivity contribution in [3.8, 4) is 0 Å². The summed E-state index contributed by atoms with van der Waals surface area (Å²) in [7, 11) is 0. The van der Waals surface area contributed by atoms with Crippen LogP contribution in [-0.2, 0) is 23.9 Å². The van der Waals surface area contributed by atoms with Crippen LogP contribution in [0.2, 0.25) is 0 Å². The topological polar surface area (TPSA) is 89.9 Å². The number of Topliss-reactive ketones (excluding diaryl/α,β-unsaturated/α-hetero) is 1. The van der Waals surface area contributed by atoms with E-state index in [4.69, 9.17) is 9.47 Å². The van der Waals surface area contributed by atoms with Crippen LogP contribution in [0.15, 0.2) is 12.2 Å². The first-order chi connectivity index (χ1) is 12.1. The molecular weight excluding hydrogens is 336 g/mol. The number of hydrogen-bond acceptors (Lipinski definition) is 6. The van der Waals surface area contributed by atoms with Crippen LogP contribution in [0.1, 0.15) is 52.9 Å². The van der Waals surface area contributed by atoms with Crippen molar-refractivity contribution in [2.24, 2.45) is 23.2 Å². The van der Waals surface area contributed by atoms with Gasteiger partial charge in [0, 0.05) is 30.3 Å². The maximum absolute atomic E-state index is 12.8. The summed E-state index contributed by atoms with van der Waals surface area (Å²) in [5.41, 5.74) is -2.18. The van der Waals surface area contributed by atoms with Crippen molar-refractivity contribution in [3.63, 3.8) is 0 Å². The fraction of sp³-hybridized carbons (Fsp3) is 0.750. The van der Waals surface area contributed by atoms with Gasteiger partial charge in [-0.2, -0.15) is 0 Å². The molecule has 144 valence electrons. The van der Waals surface area contributed by atoms with Gasteiger partial charge in [0.15, 0.2) is 0 Å². The van der Waals surface area contributed by atoms with E-state index in [1.807, 2.05) is 13.8 Å². The molecule has 1 N–H and O–H groups in total. The maximum atomic E-state index is 12.8. The molecule has 3 aliphatic rings. The number of fused-ring (bicyclic) bond motifs is 3. The molecule has 0 aromatic heterocycles. The minimum absolute atomic E-state index is 0.0742. The number of ketones is 1. The summed E-state index contributed by atoms with van der Waals surface area (Å²) in [4.78, 5) is 36.8. The highest BCUT2D eigenvalue weighted by Gasteiger charge is 2.69. The minimum atomic E-state index is -1.35. The second kappa shape index (κ2) is 6.48. The lowest BCUT2D eigenvalue weighted by Crippen LogP contribution is -2.57.